The van der Waals surface area contributed by atoms with E-state index in [0.29, 0.717) is 23.6 Å². The minimum absolute atomic E-state index is 0.161. The first kappa shape index (κ1) is 19.5. The number of carbonyl (C=O) groups is 1. The van der Waals surface area contributed by atoms with Crippen molar-refractivity contribution in [3.63, 3.8) is 0 Å². The normalized spacial score (nSPS) is 10.9. The molecule has 158 valence electrons. The number of hydrogen-bond acceptors (Lipinski definition) is 6. The first-order valence-electron chi connectivity index (χ1n) is 10.1. The Morgan fingerprint density at radius 2 is 1.97 bits per heavy atom. The van der Waals surface area contributed by atoms with Gasteiger partial charge in [-0.2, -0.15) is 0 Å². The molecular formula is C24H20N6O2. The molecule has 0 aliphatic rings. The highest BCUT2D eigenvalue weighted by Gasteiger charge is 2.14. The van der Waals surface area contributed by atoms with Crippen molar-refractivity contribution in [1.82, 2.24) is 25.3 Å². The van der Waals surface area contributed by atoms with Crippen molar-refractivity contribution in [2.75, 3.05) is 12.4 Å². The minimum atomic E-state index is -0.161. The maximum absolute atomic E-state index is 12.8. The van der Waals surface area contributed by atoms with Crippen LogP contribution >= 0.6 is 0 Å². The zero-order valence-corrected chi connectivity index (χ0v) is 17.3. The molecule has 0 fully saturated rings. The molecule has 0 aliphatic carbocycles. The summed E-state index contributed by atoms with van der Waals surface area (Å²) in [6, 6.07) is 16.9. The summed E-state index contributed by atoms with van der Waals surface area (Å²) in [5.41, 5.74) is 3.93. The standard InChI is InChI=1S/C24H20N6O2/c1-32-18-7-5-17(6-8-18)29-22-21-19-11-16(4-9-20(19)30-23(21)28-14-27-22)24(31)26-13-15-3-2-10-25-12-15/h2-12,14H,13H2,1H3,(H,26,31)(H2,27,28,29,30). The lowest BCUT2D eigenvalue weighted by atomic mass is 10.1. The van der Waals surface area contributed by atoms with Crippen LogP contribution in [0.3, 0.4) is 0 Å². The third kappa shape index (κ3) is 3.81. The average molecular weight is 424 g/mol. The maximum Gasteiger partial charge on any atom is 0.251 e. The van der Waals surface area contributed by atoms with E-state index in [1.165, 1.54) is 6.33 Å². The van der Waals surface area contributed by atoms with Crippen molar-refractivity contribution in [2.45, 2.75) is 6.54 Å². The highest BCUT2D eigenvalue weighted by molar-refractivity contribution is 6.13. The maximum atomic E-state index is 12.8. The van der Waals surface area contributed by atoms with E-state index >= 15 is 0 Å². The first-order chi connectivity index (χ1) is 15.7. The van der Waals surface area contributed by atoms with Crippen LogP contribution in [0, 0.1) is 0 Å². The fourth-order valence-corrected chi connectivity index (χ4v) is 3.56. The predicted molar refractivity (Wildman–Crippen MR) is 123 cm³/mol. The summed E-state index contributed by atoms with van der Waals surface area (Å²) >= 11 is 0. The van der Waals surface area contributed by atoms with Crippen LogP contribution in [0.25, 0.3) is 21.9 Å². The Kier molecular flexibility index (Phi) is 5.09. The van der Waals surface area contributed by atoms with Crippen LogP contribution in [0.5, 0.6) is 5.75 Å². The molecule has 0 saturated heterocycles. The number of aromatic amines is 1. The summed E-state index contributed by atoms with van der Waals surface area (Å²) in [6.07, 6.45) is 4.94. The number of aromatic nitrogens is 4. The van der Waals surface area contributed by atoms with Crippen LogP contribution in [0.4, 0.5) is 11.5 Å². The lowest BCUT2D eigenvalue weighted by Crippen LogP contribution is -2.22. The van der Waals surface area contributed by atoms with Gasteiger partial charge in [-0.05, 0) is 54.1 Å². The minimum Gasteiger partial charge on any atom is -0.497 e. The summed E-state index contributed by atoms with van der Waals surface area (Å²) < 4.78 is 5.22. The van der Waals surface area contributed by atoms with Crippen molar-refractivity contribution in [3.8, 4) is 5.75 Å². The highest BCUT2D eigenvalue weighted by atomic mass is 16.5. The van der Waals surface area contributed by atoms with Gasteiger partial charge in [0.2, 0.25) is 0 Å². The number of benzene rings is 2. The largest absolute Gasteiger partial charge is 0.497 e. The van der Waals surface area contributed by atoms with Crippen LogP contribution < -0.4 is 15.4 Å². The van der Waals surface area contributed by atoms with Crippen molar-refractivity contribution < 1.29 is 9.53 Å². The van der Waals surface area contributed by atoms with E-state index in [0.717, 1.165) is 33.3 Å². The van der Waals surface area contributed by atoms with Crippen molar-refractivity contribution >= 4 is 39.3 Å². The summed E-state index contributed by atoms with van der Waals surface area (Å²) in [4.78, 5) is 28.9. The number of pyridine rings is 1. The number of nitrogens with one attached hydrogen (secondary N) is 3. The lowest BCUT2D eigenvalue weighted by Gasteiger charge is -2.08. The molecule has 0 spiro atoms. The van der Waals surface area contributed by atoms with Gasteiger partial charge >= 0.3 is 0 Å². The van der Waals surface area contributed by atoms with E-state index in [-0.39, 0.29) is 5.91 Å². The number of carbonyl (C=O) groups excluding carboxylic acids is 1. The Morgan fingerprint density at radius 3 is 2.75 bits per heavy atom. The monoisotopic (exact) mass is 424 g/mol. The molecule has 0 bridgehead atoms. The lowest BCUT2D eigenvalue weighted by molar-refractivity contribution is 0.0951. The molecule has 3 heterocycles. The Hall–Kier alpha value is -4.46. The predicted octanol–water partition coefficient (Wildman–Crippen LogP) is 4.19. The van der Waals surface area contributed by atoms with E-state index in [4.69, 9.17) is 4.74 Å². The molecule has 0 saturated carbocycles. The van der Waals surface area contributed by atoms with Gasteiger partial charge < -0.3 is 20.4 Å². The summed E-state index contributed by atoms with van der Waals surface area (Å²) in [5.74, 6) is 1.27. The van der Waals surface area contributed by atoms with Crippen molar-refractivity contribution in [1.29, 1.82) is 0 Å². The Balaban J connectivity index is 1.47. The summed E-state index contributed by atoms with van der Waals surface area (Å²) in [6.45, 7) is 0.409. The van der Waals surface area contributed by atoms with E-state index in [9.17, 15) is 4.79 Å². The number of H-pyrrole nitrogens is 1. The fraction of sp³-hybridized carbons (Fsp3) is 0.0833. The number of ether oxygens (including phenoxy) is 1. The van der Waals surface area contributed by atoms with Crippen molar-refractivity contribution in [2.24, 2.45) is 0 Å². The molecule has 1 amide bonds. The van der Waals surface area contributed by atoms with Gasteiger partial charge in [-0.1, -0.05) is 6.07 Å². The Morgan fingerprint density at radius 1 is 1.09 bits per heavy atom. The molecule has 3 N–H and O–H groups in total. The van der Waals surface area contributed by atoms with Crippen LogP contribution in [0.15, 0.2) is 73.3 Å². The number of nitrogens with zero attached hydrogens (tertiary/aromatic N) is 3. The van der Waals surface area contributed by atoms with Gasteiger partial charge in [0.15, 0.2) is 0 Å². The second-order valence-electron chi connectivity index (χ2n) is 7.23. The van der Waals surface area contributed by atoms with Crippen LogP contribution in [-0.2, 0) is 6.54 Å². The van der Waals surface area contributed by atoms with Gasteiger partial charge in [0.05, 0.1) is 12.5 Å². The molecule has 3 aromatic heterocycles. The smallest absolute Gasteiger partial charge is 0.251 e. The van der Waals surface area contributed by atoms with Gasteiger partial charge in [0.1, 0.15) is 23.5 Å². The summed E-state index contributed by atoms with van der Waals surface area (Å²) in [5, 5.41) is 7.96. The second-order valence-corrected chi connectivity index (χ2v) is 7.23. The number of rotatable bonds is 6. The van der Waals surface area contributed by atoms with Crippen molar-refractivity contribution in [3.05, 3.63) is 84.4 Å². The highest BCUT2D eigenvalue weighted by Crippen LogP contribution is 2.31. The molecular weight excluding hydrogens is 404 g/mol. The first-order valence-corrected chi connectivity index (χ1v) is 10.1. The van der Waals surface area contributed by atoms with Gasteiger partial charge in [-0.3, -0.25) is 9.78 Å². The Bertz CT molecular complexity index is 1400. The molecule has 0 atom stereocenters. The van der Waals surface area contributed by atoms with E-state index in [1.54, 1.807) is 25.6 Å². The quantitative estimate of drug-likeness (QED) is 0.378. The molecule has 0 aliphatic heterocycles. The average Bonchev–Trinajstić information content (AvgIpc) is 3.22. The Labute approximate surface area is 183 Å². The molecule has 2 aromatic carbocycles. The molecule has 0 radical (unpaired) electrons. The number of hydrogen-bond donors (Lipinski definition) is 3. The molecule has 8 heteroatoms. The van der Waals surface area contributed by atoms with E-state index < -0.39 is 0 Å². The van der Waals surface area contributed by atoms with E-state index in [2.05, 4.69) is 30.6 Å². The van der Waals surface area contributed by atoms with Gasteiger partial charge in [-0.25, -0.2) is 9.97 Å². The van der Waals surface area contributed by atoms with Crippen LogP contribution in [-0.4, -0.2) is 33.0 Å². The molecule has 5 rings (SSSR count). The molecule has 8 nitrogen and oxygen atoms in total. The summed E-state index contributed by atoms with van der Waals surface area (Å²) in [7, 11) is 1.63. The van der Waals surface area contributed by atoms with Crippen LogP contribution in [0.1, 0.15) is 15.9 Å². The SMILES string of the molecule is COc1ccc(Nc2ncnc3[nH]c4ccc(C(=O)NCc5cccnc5)cc4c23)cc1. The third-order valence-electron chi connectivity index (χ3n) is 5.18. The number of fused-ring (bicyclic) bond motifs is 3. The van der Waals surface area contributed by atoms with Crippen LogP contribution in [0.2, 0.25) is 0 Å². The topological polar surface area (TPSA) is 105 Å². The molecule has 32 heavy (non-hydrogen) atoms. The zero-order valence-electron chi connectivity index (χ0n) is 17.3. The van der Waals surface area contributed by atoms with Gasteiger partial charge in [0.25, 0.3) is 5.91 Å². The van der Waals surface area contributed by atoms with Gasteiger partial charge in [0, 0.05) is 41.1 Å². The molecule has 5 aromatic rings. The fourth-order valence-electron chi connectivity index (χ4n) is 3.56. The molecule has 0 unspecified atom stereocenters. The van der Waals surface area contributed by atoms with Gasteiger partial charge in [-0.15, -0.1) is 0 Å². The third-order valence-corrected chi connectivity index (χ3v) is 5.18. The number of methoxy groups -OCH3 is 1. The number of anilines is 2. The zero-order chi connectivity index (χ0) is 21.9. The second kappa shape index (κ2) is 8.35. The number of amides is 1. The van der Waals surface area contributed by atoms with E-state index in [1.807, 2.05) is 48.5 Å².